The summed E-state index contributed by atoms with van der Waals surface area (Å²) in [5.74, 6) is 1.61. The molecular formula is C9H19NO. The van der Waals surface area contributed by atoms with Gasteiger partial charge in [0.25, 0.3) is 0 Å². The number of nitrogens with one attached hydrogen (secondary N) is 1. The molecule has 0 bridgehead atoms. The summed E-state index contributed by atoms with van der Waals surface area (Å²) >= 11 is 0. The van der Waals surface area contributed by atoms with Gasteiger partial charge in [0.05, 0.1) is 13.2 Å². The van der Waals surface area contributed by atoms with Crippen molar-refractivity contribution < 1.29 is 4.74 Å². The van der Waals surface area contributed by atoms with Crippen LogP contribution in [0.4, 0.5) is 0 Å². The van der Waals surface area contributed by atoms with Crippen molar-refractivity contribution >= 4 is 0 Å². The van der Waals surface area contributed by atoms with E-state index in [1.807, 2.05) is 0 Å². The maximum Gasteiger partial charge on any atom is 0.0528 e. The van der Waals surface area contributed by atoms with E-state index in [4.69, 9.17) is 4.74 Å². The van der Waals surface area contributed by atoms with Gasteiger partial charge in [-0.05, 0) is 18.9 Å². The Kier molecular flexibility index (Phi) is 3.87. The second-order valence-corrected chi connectivity index (χ2v) is 3.79. The van der Waals surface area contributed by atoms with Crippen LogP contribution in [0.3, 0.4) is 0 Å². The summed E-state index contributed by atoms with van der Waals surface area (Å²) in [6.45, 7) is 8.76. The van der Waals surface area contributed by atoms with Crippen molar-refractivity contribution in [3.8, 4) is 0 Å². The van der Waals surface area contributed by atoms with E-state index in [0.717, 1.165) is 38.1 Å². The summed E-state index contributed by atoms with van der Waals surface area (Å²) in [5.41, 5.74) is 0. The molecule has 0 atom stereocenters. The van der Waals surface area contributed by atoms with Gasteiger partial charge in [-0.3, -0.25) is 0 Å². The molecule has 0 unspecified atom stereocenters. The van der Waals surface area contributed by atoms with E-state index in [1.54, 1.807) is 0 Å². The van der Waals surface area contributed by atoms with Crippen LogP contribution in [-0.2, 0) is 4.74 Å². The highest BCUT2D eigenvalue weighted by molar-refractivity contribution is 4.67. The molecule has 0 amide bonds. The second-order valence-electron chi connectivity index (χ2n) is 3.79. The number of ether oxygens (including phenoxy) is 1. The monoisotopic (exact) mass is 157 g/mol. The normalized spacial score (nSPS) is 18.8. The Balaban J connectivity index is 1.80. The first-order valence-corrected chi connectivity index (χ1v) is 4.57. The van der Waals surface area contributed by atoms with E-state index in [9.17, 15) is 0 Å². The van der Waals surface area contributed by atoms with E-state index < -0.39 is 0 Å². The van der Waals surface area contributed by atoms with Gasteiger partial charge in [0, 0.05) is 12.5 Å². The van der Waals surface area contributed by atoms with Crippen LogP contribution in [0, 0.1) is 11.8 Å². The molecule has 0 saturated carbocycles. The molecule has 0 aromatic rings. The highest BCUT2D eigenvalue weighted by Gasteiger charge is 2.16. The Morgan fingerprint density at radius 2 is 2.18 bits per heavy atom. The summed E-state index contributed by atoms with van der Waals surface area (Å²) in [5, 5.41) is 3.44. The first-order chi connectivity index (χ1) is 5.29. The lowest BCUT2D eigenvalue weighted by Gasteiger charge is -2.26. The molecule has 0 aromatic heterocycles. The number of rotatable bonds is 5. The molecule has 66 valence electrons. The van der Waals surface area contributed by atoms with E-state index in [-0.39, 0.29) is 0 Å². The van der Waals surface area contributed by atoms with Crippen LogP contribution in [0.15, 0.2) is 0 Å². The van der Waals surface area contributed by atoms with Gasteiger partial charge in [-0.2, -0.15) is 0 Å². The molecule has 1 heterocycles. The van der Waals surface area contributed by atoms with Crippen molar-refractivity contribution in [2.75, 3.05) is 26.3 Å². The first-order valence-electron chi connectivity index (χ1n) is 4.57. The van der Waals surface area contributed by atoms with E-state index in [2.05, 4.69) is 19.2 Å². The van der Waals surface area contributed by atoms with Gasteiger partial charge in [0.2, 0.25) is 0 Å². The SMILES string of the molecule is CC(C)CCNCC1COC1. The molecule has 1 N–H and O–H groups in total. The van der Waals surface area contributed by atoms with Crippen molar-refractivity contribution in [1.29, 1.82) is 0 Å². The van der Waals surface area contributed by atoms with E-state index in [0.29, 0.717) is 0 Å². The molecule has 2 nitrogen and oxygen atoms in total. The zero-order chi connectivity index (χ0) is 8.10. The minimum atomic E-state index is 0.794. The topological polar surface area (TPSA) is 21.3 Å². The van der Waals surface area contributed by atoms with Crippen molar-refractivity contribution in [3.63, 3.8) is 0 Å². The zero-order valence-electron chi connectivity index (χ0n) is 7.60. The fourth-order valence-corrected chi connectivity index (χ4v) is 1.10. The molecule has 1 aliphatic heterocycles. The number of hydrogen-bond donors (Lipinski definition) is 1. The van der Waals surface area contributed by atoms with Crippen LogP contribution in [0.1, 0.15) is 20.3 Å². The third kappa shape index (κ3) is 3.73. The standard InChI is InChI=1S/C9H19NO/c1-8(2)3-4-10-5-9-6-11-7-9/h8-10H,3-7H2,1-2H3. The Labute approximate surface area is 69.3 Å². The fourth-order valence-electron chi connectivity index (χ4n) is 1.10. The van der Waals surface area contributed by atoms with Crippen molar-refractivity contribution in [2.45, 2.75) is 20.3 Å². The molecule has 0 spiro atoms. The molecule has 1 saturated heterocycles. The molecule has 0 aromatic carbocycles. The molecule has 1 fully saturated rings. The predicted octanol–water partition coefficient (Wildman–Crippen LogP) is 1.27. The lowest BCUT2D eigenvalue weighted by atomic mass is 10.1. The van der Waals surface area contributed by atoms with Gasteiger partial charge in [-0.15, -0.1) is 0 Å². The fraction of sp³-hybridized carbons (Fsp3) is 1.00. The average molecular weight is 157 g/mol. The smallest absolute Gasteiger partial charge is 0.0528 e. The summed E-state index contributed by atoms with van der Waals surface area (Å²) in [6.07, 6.45) is 1.29. The van der Waals surface area contributed by atoms with Gasteiger partial charge in [-0.1, -0.05) is 13.8 Å². The molecular weight excluding hydrogens is 138 g/mol. The summed E-state index contributed by atoms with van der Waals surface area (Å²) in [6, 6.07) is 0. The average Bonchev–Trinajstić information content (AvgIpc) is 1.82. The van der Waals surface area contributed by atoms with Crippen molar-refractivity contribution in [3.05, 3.63) is 0 Å². The Morgan fingerprint density at radius 1 is 1.45 bits per heavy atom. The molecule has 0 aliphatic carbocycles. The molecule has 11 heavy (non-hydrogen) atoms. The molecule has 1 rings (SSSR count). The van der Waals surface area contributed by atoms with Gasteiger partial charge in [0.1, 0.15) is 0 Å². The van der Waals surface area contributed by atoms with E-state index >= 15 is 0 Å². The van der Waals surface area contributed by atoms with Gasteiger partial charge in [0.15, 0.2) is 0 Å². The minimum absolute atomic E-state index is 0.794. The lowest BCUT2D eigenvalue weighted by Crippen LogP contribution is -2.37. The molecule has 0 radical (unpaired) electrons. The Morgan fingerprint density at radius 3 is 2.64 bits per heavy atom. The van der Waals surface area contributed by atoms with Crippen LogP contribution in [0.5, 0.6) is 0 Å². The van der Waals surface area contributed by atoms with Gasteiger partial charge >= 0.3 is 0 Å². The highest BCUT2D eigenvalue weighted by atomic mass is 16.5. The second kappa shape index (κ2) is 4.73. The van der Waals surface area contributed by atoms with Crippen LogP contribution in [0.25, 0.3) is 0 Å². The van der Waals surface area contributed by atoms with Crippen LogP contribution >= 0.6 is 0 Å². The summed E-state index contributed by atoms with van der Waals surface area (Å²) < 4.78 is 5.07. The maximum absolute atomic E-state index is 5.07. The van der Waals surface area contributed by atoms with Crippen molar-refractivity contribution in [1.82, 2.24) is 5.32 Å². The third-order valence-electron chi connectivity index (χ3n) is 2.04. The van der Waals surface area contributed by atoms with Gasteiger partial charge in [-0.25, -0.2) is 0 Å². The Hall–Kier alpha value is -0.0800. The van der Waals surface area contributed by atoms with Crippen LogP contribution in [0.2, 0.25) is 0 Å². The highest BCUT2D eigenvalue weighted by Crippen LogP contribution is 2.07. The Bertz CT molecular complexity index is 99.7. The van der Waals surface area contributed by atoms with Crippen LogP contribution < -0.4 is 5.32 Å². The minimum Gasteiger partial charge on any atom is -0.381 e. The van der Waals surface area contributed by atoms with Crippen LogP contribution in [-0.4, -0.2) is 26.3 Å². The first kappa shape index (κ1) is 9.01. The quantitative estimate of drug-likeness (QED) is 0.607. The zero-order valence-corrected chi connectivity index (χ0v) is 7.60. The number of hydrogen-bond acceptors (Lipinski definition) is 2. The van der Waals surface area contributed by atoms with E-state index in [1.165, 1.54) is 6.42 Å². The summed E-state index contributed by atoms with van der Waals surface area (Å²) in [7, 11) is 0. The molecule has 2 heteroatoms. The van der Waals surface area contributed by atoms with Gasteiger partial charge < -0.3 is 10.1 Å². The third-order valence-corrected chi connectivity index (χ3v) is 2.04. The predicted molar refractivity (Wildman–Crippen MR) is 46.6 cm³/mol. The largest absolute Gasteiger partial charge is 0.381 e. The van der Waals surface area contributed by atoms with Crippen molar-refractivity contribution in [2.24, 2.45) is 11.8 Å². The summed E-state index contributed by atoms with van der Waals surface area (Å²) in [4.78, 5) is 0. The maximum atomic E-state index is 5.07. The molecule has 1 aliphatic rings. The lowest BCUT2D eigenvalue weighted by molar-refractivity contribution is -0.0306.